The quantitative estimate of drug-likeness (QED) is 0.144. The molecule has 2 radical (unpaired) electrons. The van der Waals surface area contributed by atoms with Crippen LogP contribution in [0.4, 0.5) is 0 Å². The Bertz CT molecular complexity index is 1250. The number of aryl methyl sites for hydroxylation is 1. The third-order valence-electron chi connectivity index (χ3n) is 5.03. The summed E-state index contributed by atoms with van der Waals surface area (Å²) >= 11 is 1.36. The van der Waals surface area contributed by atoms with Gasteiger partial charge in [0.1, 0.15) is 0 Å². The van der Waals surface area contributed by atoms with Crippen molar-refractivity contribution in [3.63, 3.8) is 0 Å². The molecule has 0 aliphatic carbocycles. The van der Waals surface area contributed by atoms with Crippen molar-refractivity contribution < 1.29 is 23.3 Å². The van der Waals surface area contributed by atoms with Gasteiger partial charge in [0.2, 0.25) is 0 Å². The van der Waals surface area contributed by atoms with Gasteiger partial charge in [0.25, 0.3) is 0 Å². The maximum atomic E-state index is 3.06. The molecule has 0 aromatic heterocycles. The molecule has 0 saturated carbocycles. The van der Waals surface area contributed by atoms with Crippen LogP contribution in [0.2, 0.25) is 0 Å². The summed E-state index contributed by atoms with van der Waals surface area (Å²) in [5, 5.41) is 8.12. The van der Waals surface area contributed by atoms with Gasteiger partial charge in [-0.2, -0.15) is 48.0 Å². The van der Waals surface area contributed by atoms with Gasteiger partial charge in [-0.05, 0) is 0 Å². The molecule has 0 amide bonds. The Hall–Kier alpha value is -2.54. The second kappa shape index (κ2) is 13.8. The molecule has 0 spiro atoms. The molecule has 158 valence electrons. The van der Waals surface area contributed by atoms with Crippen LogP contribution in [-0.2, 0) is 23.3 Å². The van der Waals surface area contributed by atoms with Crippen LogP contribution in [0.3, 0.4) is 0 Å². The average Bonchev–Trinajstić information content (AvgIpc) is 3.43. The van der Waals surface area contributed by atoms with E-state index in [-0.39, 0.29) is 7.43 Å². The molecule has 0 fully saturated rings. The average molecular weight is 506 g/mol. The van der Waals surface area contributed by atoms with Gasteiger partial charge in [0.15, 0.2) is 0 Å². The van der Waals surface area contributed by atoms with Gasteiger partial charge in [0.05, 0.1) is 0 Å². The molecule has 0 aliphatic rings. The summed E-state index contributed by atoms with van der Waals surface area (Å²) in [5.41, 5.74) is 1.37. The van der Waals surface area contributed by atoms with E-state index in [9.17, 15) is 0 Å². The molecule has 0 nitrogen and oxygen atoms in total. The molecule has 0 heterocycles. The summed E-state index contributed by atoms with van der Waals surface area (Å²) < 4.78 is 0. The number of benzene rings is 4. The second-order valence-electron chi connectivity index (χ2n) is 7.00. The summed E-state index contributed by atoms with van der Waals surface area (Å²) in [6.45, 7) is 5.20. The van der Waals surface area contributed by atoms with Crippen LogP contribution >= 0.6 is 0 Å². The number of rotatable bonds is 0. The molecule has 6 aromatic carbocycles. The van der Waals surface area contributed by atoms with Gasteiger partial charge < -0.3 is 7.43 Å². The SMILES string of the molecule is Cc1c[cH-]c2ccccc12.[CH3-].[Si]=[Zr].[c-]1ccccc1.c1ccc2c(c1)[cH-]c1ccccc12. The molecule has 0 aliphatic heterocycles. The van der Waals surface area contributed by atoms with Crippen LogP contribution in [0.5, 0.6) is 0 Å². The zero-order valence-electron chi connectivity index (χ0n) is 18.5. The van der Waals surface area contributed by atoms with Crippen molar-refractivity contribution >= 4 is 39.2 Å². The summed E-state index contributed by atoms with van der Waals surface area (Å²) in [6, 6.07) is 44.5. The van der Waals surface area contributed by atoms with Crippen molar-refractivity contribution in [3.05, 3.63) is 140 Å². The second-order valence-corrected chi connectivity index (χ2v) is 7.00. The van der Waals surface area contributed by atoms with Crippen molar-refractivity contribution in [2.24, 2.45) is 0 Å². The van der Waals surface area contributed by atoms with Crippen LogP contribution in [0.15, 0.2) is 121 Å². The van der Waals surface area contributed by atoms with Gasteiger partial charge in [-0.1, -0.05) is 49.4 Å². The minimum Gasteiger partial charge on any atom is -0.184 e. The molecular weight excluding hydrogens is 480 g/mol. The number of hydrogen-bond acceptors (Lipinski definition) is 0. The van der Waals surface area contributed by atoms with E-state index in [1.165, 1.54) is 61.2 Å². The Kier molecular flexibility index (Phi) is 11.1. The van der Waals surface area contributed by atoms with Crippen molar-refractivity contribution in [1.82, 2.24) is 0 Å². The Balaban J connectivity index is 0.000000171. The molecule has 32 heavy (non-hydrogen) atoms. The fourth-order valence-electron chi connectivity index (χ4n) is 3.55. The third-order valence-corrected chi connectivity index (χ3v) is 5.03. The normalized spacial score (nSPS) is 9.38. The zero-order chi connectivity index (χ0) is 21.9. The number of fused-ring (bicyclic) bond motifs is 4. The van der Waals surface area contributed by atoms with Gasteiger partial charge in [-0.15, -0.1) is 74.8 Å². The van der Waals surface area contributed by atoms with Crippen LogP contribution in [0, 0.1) is 20.4 Å². The van der Waals surface area contributed by atoms with E-state index >= 15 is 0 Å². The van der Waals surface area contributed by atoms with Crippen molar-refractivity contribution in [2.75, 3.05) is 0 Å². The standard InChI is InChI=1S/C13H9.C10H9.C6H5.CH3.Si.Zr/c1-3-7-12-10(5-1)9-11-6-2-4-8-13(11)12;1-8-6-7-9-4-2-3-5-10(8)9;1-2-4-6-5-3-1;;;/h1-9H;2-7H,1H3;1-5H;1H3;;/q4*-1;;. The van der Waals surface area contributed by atoms with Crippen molar-refractivity contribution in [1.29, 1.82) is 0 Å². The first-order valence-electron chi connectivity index (χ1n) is 10.1. The first kappa shape index (κ1) is 25.7. The fraction of sp³-hybridized carbons (Fsp3) is 0.0333. The molecule has 2 heteroatoms. The minimum absolute atomic E-state index is 0. The monoisotopic (exact) mass is 504 g/mol. The molecular formula is C30H26SiZr-4. The predicted octanol–water partition coefficient (Wildman–Crippen LogP) is 8.13. The maximum Gasteiger partial charge on any atom is -0.0771 e. The zero-order valence-corrected chi connectivity index (χ0v) is 22.0. The molecule has 6 rings (SSSR count). The smallest absolute Gasteiger partial charge is 0.0771 e. The van der Waals surface area contributed by atoms with Gasteiger partial charge in [0, 0.05) is 0 Å². The van der Waals surface area contributed by atoms with Crippen LogP contribution < -0.4 is 0 Å². The maximum absolute atomic E-state index is 3.06. The summed E-state index contributed by atoms with van der Waals surface area (Å²) in [5.74, 6) is 0. The van der Waals surface area contributed by atoms with Crippen LogP contribution in [0.1, 0.15) is 5.56 Å². The summed E-state index contributed by atoms with van der Waals surface area (Å²) in [7, 11) is 0. The van der Waals surface area contributed by atoms with Crippen molar-refractivity contribution in [3.8, 4) is 0 Å². The van der Waals surface area contributed by atoms with E-state index in [0.717, 1.165) is 0 Å². The van der Waals surface area contributed by atoms with Gasteiger partial charge >= 0.3 is 30.2 Å². The van der Waals surface area contributed by atoms with E-state index in [2.05, 4.69) is 111 Å². The summed E-state index contributed by atoms with van der Waals surface area (Å²) in [4.78, 5) is 0. The Labute approximate surface area is 208 Å². The summed E-state index contributed by atoms with van der Waals surface area (Å²) in [6.07, 6.45) is 0. The van der Waals surface area contributed by atoms with E-state index in [4.69, 9.17) is 0 Å². The van der Waals surface area contributed by atoms with Gasteiger partial charge in [-0.25, -0.2) is 0 Å². The van der Waals surface area contributed by atoms with E-state index in [1.54, 1.807) is 0 Å². The number of hydrogen-bond donors (Lipinski definition) is 0. The Morgan fingerprint density at radius 2 is 1.09 bits per heavy atom. The van der Waals surface area contributed by atoms with E-state index in [1.807, 2.05) is 30.3 Å². The minimum atomic E-state index is 0. The van der Waals surface area contributed by atoms with E-state index < -0.39 is 0 Å². The van der Waals surface area contributed by atoms with E-state index in [0.29, 0.717) is 0 Å². The Morgan fingerprint density at radius 1 is 0.625 bits per heavy atom. The van der Waals surface area contributed by atoms with Gasteiger partial charge in [-0.3, -0.25) is 0 Å². The molecule has 0 N–H and O–H groups in total. The Morgan fingerprint density at radius 3 is 1.53 bits per heavy atom. The fourth-order valence-corrected chi connectivity index (χ4v) is 3.55. The van der Waals surface area contributed by atoms with Crippen LogP contribution in [0.25, 0.3) is 32.3 Å². The molecule has 0 saturated heterocycles. The molecule has 0 atom stereocenters. The van der Waals surface area contributed by atoms with Crippen molar-refractivity contribution in [2.45, 2.75) is 6.92 Å². The topological polar surface area (TPSA) is 0 Å². The first-order chi connectivity index (χ1) is 15.3. The first-order valence-corrected chi connectivity index (χ1v) is 14.3. The van der Waals surface area contributed by atoms with Crippen LogP contribution in [-0.4, -0.2) is 6.88 Å². The predicted molar refractivity (Wildman–Crippen MR) is 139 cm³/mol. The molecule has 0 bridgehead atoms. The molecule has 6 aromatic rings. The molecule has 0 unspecified atom stereocenters. The largest absolute Gasteiger partial charge is 0.184 e. The third kappa shape index (κ3) is 6.73.